The molecule has 2 atom stereocenters. The summed E-state index contributed by atoms with van der Waals surface area (Å²) in [6.07, 6.45) is 1.66. The summed E-state index contributed by atoms with van der Waals surface area (Å²) in [4.78, 5) is 0. The van der Waals surface area contributed by atoms with Gasteiger partial charge >= 0.3 is 0 Å². The molecule has 0 aliphatic carbocycles. The first-order chi connectivity index (χ1) is 9.65. The number of rotatable bonds is 2. The standard InChI is InChI=1S/C16H19NO3/c1-10-8-19-14-4-3-12(7-15(14)20-9-10)16(17)13-5-6-18-11(13)2/h3-7,10,16H,8-9,17H2,1-2H3. The van der Waals surface area contributed by atoms with E-state index in [1.165, 1.54) is 0 Å². The fourth-order valence-corrected chi connectivity index (χ4v) is 2.36. The maximum atomic E-state index is 6.30. The zero-order chi connectivity index (χ0) is 14.1. The molecule has 0 amide bonds. The van der Waals surface area contributed by atoms with Gasteiger partial charge in [-0.25, -0.2) is 0 Å². The van der Waals surface area contributed by atoms with Gasteiger partial charge < -0.3 is 19.6 Å². The Labute approximate surface area is 118 Å². The molecule has 1 aliphatic rings. The summed E-state index contributed by atoms with van der Waals surface area (Å²) < 4.78 is 16.8. The first-order valence-electron chi connectivity index (χ1n) is 6.84. The van der Waals surface area contributed by atoms with E-state index in [4.69, 9.17) is 19.6 Å². The minimum atomic E-state index is -0.219. The molecular weight excluding hydrogens is 254 g/mol. The molecule has 2 N–H and O–H groups in total. The molecule has 1 aromatic carbocycles. The van der Waals surface area contributed by atoms with Gasteiger partial charge in [-0.2, -0.15) is 0 Å². The molecule has 0 saturated carbocycles. The lowest BCUT2D eigenvalue weighted by Crippen LogP contribution is -2.12. The van der Waals surface area contributed by atoms with Crippen LogP contribution in [0.4, 0.5) is 0 Å². The molecule has 106 valence electrons. The van der Waals surface area contributed by atoms with E-state index in [0.29, 0.717) is 19.1 Å². The van der Waals surface area contributed by atoms with Crippen molar-refractivity contribution in [2.45, 2.75) is 19.9 Å². The number of benzene rings is 1. The highest BCUT2D eigenvalue weighted by atomic mass is 16.5. The second-order valence-corrected chi connectivity index (χ2v) is 5.34. The summed E-state index contributed by atoms with van der Waals surface area (Å²) in [5.74, 6) is 2.78. The van der Waals surface area contributed by atoms with E-state index in [0.717, 1.165) is 28.4 Å². The van der Waals surface area contributed by atoms with Gasteiger partial charge in [0, 0.05) is 11.5 Å². The van der Waals surface area contributed by atoms with Gasteiger partial charge in [-0.3, -0.25) is 0 Å². The summed E-state index contributed by atoms with van der Waals surface area (Å²) in [7, 11) is 0. The summed E-state index contributed by atoms with van der Waals surface area (Å²) in [5.41, 5.74) is 8.29. The molecule has 0 bridgehead atoms. The van der Waals surface area contributed by atoms with Crippen LogP contribution in [0.1, 0.15) is 29.9 Å². The van der Waals surface area contributed by atoms with E-state index >= 15 is 0 Å². The van der Waals surface area contributed by atoms with Crippen molar-refractivity contribution in [3.8, 4) is 11.5 Å². The largest absolute Gasteiger partial charge is 0.489 e. The van der Waals surface area contributed by atoms with Crippen molar-refractivity contribution >= 4 is 0 Å². The molecule has 1 aliphatic heterocycles. The van der Waals surface area contributed by atoms with Gasteiger partial charge in [-0.05, 0) is 30.7 Å². The lowest BCUT2D eigenvalue weighted by atomic mass is 10.00. The van der Waals surface area contributed by atoms with Gasteiger partial charge in [0.15, 0.2) is 11.5 Å². The Hall–Kier alpha value is -1.94. The highest BCUT2D eigenvalue weighted by Gasteiger charge is 2.19. The minimum absolute atomic E-state index is 0.219. The lowest BCUT2D eigenvalue weighted by Gasteiger charge is -2.14. The summed E-state index contributed by atoms with van der Waals surface area (Å²) in [5, 5.41) is 0. The number of hydrogen-bond acceptors (Lipinski definition) is 4. The minimum Gasteiger partial charge on any atom is -0.489 e. The third-order valence-corrected chi connectivity index (χ3v) is 3.61. The molecule has 0 spiro atoms. The molecule has 0 fully saturated rings. The van der Waals surface area contributed by atoms with Crippen LogP contribution in [0.15, 0.2) is 34.9 Å². The smallest absolute Gasteiger partial charge is 0.161 e. The average Bonchev–Trinajstić information content (AvgIpc) is 2.79. The predicted octanol–water partition coefficient (Wildman–Crippen LogP) is 3.04. The van der Waals surface area contributed by atoms with Crippen LogP contribution in [0.5, 0.6) is 11.5 Å². The van der Waals surface area contributed by atoms with E-state index in [2.05, 4.69) is 6.92 Å². The molecule has 3 rings (SSSR count). The van der Waals surface area contributed by atoms with Crippen molar-refractivity contribution in [2.75, 3.05) is 13.2 Å². The first kappa shape index (κ1) is 13.1. The Morgan fingerprint density at radius 3 is 2.60 bits per heavy atom. The summed E-state index contributed by atoms with van der Waals surface area (Å²) >= 11 is 0. The third kappa shape index (κ3) is 2.39. The van der Waals surface area contributed by atoms with Crippen LogP contribution in [0.25, 0.3) is 0 Å². The van der Waals surface area contributed by atoms with E-state index in [1.807, 2.05) is 31.2 Å². The predicted molar refractivity (Wildman–Crippen MR) is 76.1 cm³/mol. The summed E-state index contributed by atoms with van der Waals surface area (Å²) in [6, 6.07) is 7.56. The highest BCUT2D eigenvalue weighted by molar-refractivity contribution is 5.46. The molecule has 2 unspecified atom stereocenters. The van der Waals surface area contributed by atoms with Gasteiger partial charge in [-0.1, -0.05) is 13.0 Å². The number of fused-ring (bicyclic) bond motifs is 1. The van der Waals surface area contributed by atoms with Gasteiger partial charge in [0.2, 0.25) is 0 Å². The van der Waals surface area contributed by atoms with Crippen LogP contribution < -0.4 is 15.2 Å². The quantitative estimate of drug-likeness (QED) is 0.913. The Balaban J connectivity index is 1.91. The van der Waals surface area contributed by atoms with E-state index in [-0.39, 0.29) is 6.04 Å². The molecule has 1 aromatic heterocycles. The molecule has 4 nitrogen and oxygen atoms in total. The molecule has 20 heavy (non-hydrogen) atoms. The monoisotopic (exact) mass is 273 g/mol. The van der Waals surface area contributed by atoms with E-state index in [9.17, 15) is 0 Å². The van der Waals surface area contributed by atoms with Gasteiger partial charge in [0.05, 0.1) is 25.5 Å². The topological polar surface area (TPSA) is 57.6 Å². The highest BCUT2D eigenvalue weighted by Crippen LogP contribution is 2.34. The Morgan fingerprint density at radius 2 is 1.90 bits per heavy atom. The normalized spacial score (nSPS) is 19.4. The first-order valence-corrected chi connectivity index (χ1v) is 6.84. The fraction of sp³-hybridized carbons (Fsp3) is 0.375. The maximum absolute atomic E-state index is 6.30. The van der Waals surface area contributed by atoms with Gasteiger partial charge in [0.1, 0.15) is 5.76 Å². The van der Waals surface area contributed by atoms with Crippen LogP contribution in [-0.2, 0) is 0 Å². The average molecular weight is 273 g/mol. The molecule has 0 saturated heterocycles. The number of hydrogen-bond donors (Lipinski definition) is 1. The van der Waals surface area contributed by atoms with Crippen LogP contribution in [0.2, 0.25) is 0 Å². The number of ether oxygens (including phenoxy) is 2. The molecule has 0 radical (unpaired) electrons. The van der Waals surface area contributed by atoms with Crippen molar-refractivity contribution in [3.05, 3.63) is 47.4 Å². The number of aryl methyl sites for hydroxylation is 1. The van der Waals surface area contributed by atoms with Crippen molar-refractivity contribution in [3.63, 3.8) is 0 Å². The Kier molecular flexibility index (Phi) is 3.40. The summed E-state index contributed by atoms with van der Waals surface area (Å²) in [6.45, 7) is 5.36. The van der Waals surface area contributed by atoms with E-state index < -0.39 is 0 Å². The Bertz CT molecular complexity index is 606. The van der Waals surface area contributed by atoms with Crippen molar-refractivity contribution in [1.82, 2.24) is 0 Å². The van der Waals surface area contributed by atoms with Crippen molar-refractivity contribution in [1.29, 1.82) is 0 Å². The molecule has 4 heteroatoms. The number of nitrogens with two attached hydrogens (primary N) is 1. The van der Waals surface area contributed by atoms with Crippen LogP contribution >= 0.6 is 0 Å². The fourth-order valence-electron chi connectivity index (χ4n) is 2.36. The van der Waals surface area contributed by atoms with Gasteiger partial charge in [0.25, 0.3) is 0 Å². The van der Waals surface area contributed by atoms with Crippen LogP contribution in [-0.4, -0.2) is 13.2 Å². The third-order valence-electron chi connectivity index (χ3n) is 3.61. The Morgan fingerprint density at radius 1 is 1.15 bits per heavy atom. The SMILES string of the molecule is Cc1occc1C(N)c1ccc2c(c1)OCC(C)CO2. The number of furan rings is 1. The van der Waals surface area contributed by atoms with Gasteiger partial charge in [-0.15, -0.1) is 0 Å². The zero-order valence-corrected chi connectivity index (χ0v) is 11.8. The van der Waals surface area contributed by atoms with E-state index in [1.54, 1.807) is 6.26 Å². The molecular formula is C16H19NO3. The van der Waals surface area contributed by atoms with Crippen LogP contribution in [0.3, 0.4) is 0 Å². The maximum Gasteiger partial charge on any atom is 0.161 e. The lowest BCUT2D eigenvalue weighted by molar-refractivity contribution is 0.228. The molecule has 2 aromatic rings. The second-order valence-electron chi connectivity index (χ2n) is 5.34. The molecule has 2 heterocycles. The van der Waals surface area contributed by atoms with Crippen molar-refractivity contribution < 1.29 is 13.9 Å². The second kappa shape index (κ2) is 5.21. The zero-order valence-electron chi connectivity index (χ0n) is 11.8. The van der Waals surface area contributed by atoms with Crippen LogP contribution in [0, 0.1) is 12.8 Å². The van der Waals surface area contributed by atoms with Crippen molar-refractivity contribution in [2.24, 2.45) is 11.7 Å².